The van der Waals surface area contributed by atoms with Gasteiger partial charge in [-0.05, 0) is 0 Å². The van der Waals surface area contributed by atoms with Crippen LogP contribution in [0.3, 0.4) is 0 Å². The molecule has 0 amide bonds. The van der Waals surface area contributed by atoms with Gasteiger partial charge in [0.2, 0.25) is 0 Å². The van der Waals surface area contributed by atoms with Gasteiger partial charge in [0.25, 0.3) is 0 Å². The first-order valence-corrected chi connectivity index (χ1v) is 24.2. The topological polar surface area (TPSA) is 57.2 Å². The zero-order chi connectivity index (χ0) is 30.6. The van der Waals surface area contributed by atoms with Gasteiger partial charge in [0.05, 0.1) is 0 Å². The van der Waals surface area contributed by atoms with Gasteiger partial charge in [0, 0.05) is 21.3 Å². The fraction of sp³-hybridized carbons (Fsp3) is 0.829. The first-order chi connectivity index (χ1) is 20.9. The van der Waals surface area contributed by atoms with Crippen LogP contribution in [-0.4, -0.2) is 58.8 Å². The third-order valence-electron chi connectivity index (χ3n) is 11.5. The second kappa shape index (κ2) is 17.1. The summed E-state index contributed by atoms with van der Waals surface area (Å²) in [6, 6.07) is 7.06. The summed E-state index contributed by atoms with van der Waals surface area (Å²) in [5.74, 6) is 1.50. The standard InChI is InChI=1S/C35H62BrO5PSi/c1-38-43(39-2,40-3)28-18-7-5-4-6-17-27-41-34-26-25-30(37)29-35(34)42(36,31-19-11-8-12-20-31,32-21-13-9-14-22-32)33-23-15-10-16-24-33/h25-26,29,31-33,37H,4-24,27-28H2,1-3H3. The van der Waals surface area contributed by atoms with E-state index in [4.69, 9.17) is 33.5 Å². The van der Waals surface area contributed by atoms with Crippen molar-refractivity contribution in [3.05, 3.63) is 18.2 Å². The molecule has 0 saturated heterocycles. The molecule has 8 heteroatoms. The van der Waals surface area contributed by atoms with Crippen molar-refractivity contribution in [1.82, 2.24) is 0 Å². The van der Waals surface area contributed by atoms with Crippen LogP contribution >= 0.6 is 20.8 Å². The van der Waals surface area contributed by atoms with E-state index in [2.05, 4.69) is 12.1 Å². The molecule has 3 fully saturated rings. The molecule has 248 valence electrons. The van der Waals surface area contributed by atoms with Crippen molar-refractivity contribution >= 4 is 34.9 Å². The predicted molar refractivity (Wildman–Crippen MR) is 189 cm³/mol. The van der Waals surface area contributed by atoms with E-state index in [1.807, 2.05) is 6.07 Å². The summed E-state index contributed by atoms with van der Waals surface area (Å²) in [6.07, 6.45) is 27.3. The van der Waals surface area contributed by atoms with Crippen molar-refractivity contribution in [3.8, 4) is 11.5 Å². The van der Waals surface area contributed by atoms with Gasteiger partial charge in [-0.1, -0.05) is 0 Å². The average Bonchev–Trinajstić information content (AvgIpc) is 3.07. The molecule has 3 saturated carbocycles. The van der Waals surface area contributed by atoms with Crippen molar-refractivity contribution in [2.24, 2.45) is 0 Å². The Labute approximate surface area is 272 Å². The molecule has 3 aliphatic rings. The molecule has 0 aromatic heterocycles. The van der Waals surface area contributed by atoms with Gasteiger partial charge >= 0.3 is 239 Å². The second-order valence-corrected chi connectivity index (χ2v) is 26.7. The molecular formula is C35H62BrO5PSi. The molecule has 1 N–H and O–H groups in total. The van der Waals surface area contributed by atoms with Crippen LogP contribution in [0.4, 0.5) is 0 Å². The zero-order valence-corrected chi connectivity index (χ0v) is 31.1. The molecule has 1 aromatic rings. The summed E-state index contributed by atoms with van der Waals surface area (Å²) in [4.78, 5) is 0. The van der Waals surface area contributed by atoms with Gasteiger partial charge < -0.3 is 13.3 Å². The third-order valence-corrected chi connectivity index (χ3v) is 28.0. The molecule has 0 unspecified atom stereocenters. The summed E-state index contributed by atoms with van der Waals surface area (Å²) in [7, 11) is 2.65. The molecule has 0 aliphatic heterocycles. The van der Waals surface area contributed by atoms with Crippen LogP contribution in [0.5, 0.6) is 11.5 Å². The Hall–Kier alpha value is -0.173. The molecule has 4 rings (SSSR count). The van der Waals surface area contributed by atoms with E-state index in [-0.39, 0.29) is 0 Å². The summed E-state index contributed by atoms with van der Waals surface area (Å²) in [5.41, 5.74) is 2.14. The van der Waals surface area contributed by atoms with Crippen LogP contribution in [-0.2, 0) is 13.3 Å². The van der Waals surface area contributed by atoms with E-state index in [1.165, 1.54) is 127 Å². The van der Waals surface area contributed by atoms with Crippen molar-refractivity contribution < 1.29 is 23.1 Å². The number of phenols is 1. The Morgan fingerprint density at radius 1 is 0.674 bits per heavy atom. The summed E-state index contributed by atoms with van der Waals surface area (Å²) >= 11 is 4.97. The van der Waals surface area contributed by atoms with Crippen molar-refractivity contribution in [2.45, 2.75) is 158 Å². The van der Waals surface area contributed by atoms with Crippen LogP contribution < -0.4 is 10.0 Å². The molecule has 0 radical (unpaired) electrons. The number of phenolic OH excluding ortho intramolecular Hbond substituents is 1. The zero-order valence-electron chi connectivity index (χ0n) is 27.6. The Kier molecular flexibility index (Phi) is 14.2. The summed E-state index contributed by atoms with van der Waals surface area (Å²) in [6.45, 7) is 0.754. The van der Waals surface area contributed by atoms with Crippen LogP contribution in [0.2, 0.25) is 6.04 Å². The molecule has 0 atom stereocenters. The normalized spacial score (nSPS) is 21.0. The minimum atomic E-state index is -2.69. The maximum Gasteiger partial charge on any atom is 0.0272 e. The minimum Gasteiger partial charge on any atom is -0.377 e. The fourth-order valence-corrected chi connectivity index (χ4v) is 23.7. The van der Waals surface area contributed by atoms with E-state index in [0.29, 0.717) is 22.7 Å². The predicted octanol–water partition coefficient (Wildman–Crippen LogP) is 10.5. The van der Waals surface area contributed by atoms with Gasteiger partial charge in [0.15, 0.2) is 0 Å². The maximum atomic E-state index is 11.0. The largest absolute Gasteiger partial charge is 0.377 e. The first-order valence-electron chi connectivity index (χ1n) is 17.8. The van der Waals surface area contributed by atoms with Crippen LogP contribution in [0, 0.1) is 0 Å². The number of benzene rings is 1. The maximum absolute atomic E-state index is 11.0. The Morgan fingerprint density at radius 2 is 1.12 bits per heavy atom. The van der Waals surface area contributed by atoms with Crippen molar-refractivity contribution in [1.29, 1.82) is 0 Å². The second-order valence-electron chi connectivity index (χ2n) is 13.8. The summed E-state index contributed by atoms with van der Waals surface area (Å²) in [5, 5.41) is 9.77. The SMILES string of the molecule is CO[Si](CCCCCCCCOc1ccc(O)cc1P(Br)(C1CCCCC1)(C1CCCCC1)C1CCCCC1)(OC)OC. The Morgan fingerprint density at radius 3 is 1.58 bits per heavy atom. The van der Waals surface area contributed by atoms with E-state index < -0.39 is 14.1 Å². The quantitative estimate of drug-likeness (QED) is 0.0996. The molecular weight excluding hydrogens is 639 g/mol. The smallest absolute Gasteiger partial charge is 0.0272 e. The van der Waals surface area contributed by atoms with Gasteiger partial charge in [0.1, 0.15) is 0 Å². The molecule has 3 aliphatic carbocycles. The van der Waals surface area contributed by atoms with Crippen LogP contribution in [0.1, 0.15) is 135 Å². The number of halogens is 1. The summed E-state index contributed by atoms with van der Waals surface area (Å²) < 4.78 is 23.5. The van der Waals surface area contributed by atoms with E-state index in [0.717, 1.165) is 31.2 Å². The minimum absolute atomic E-state index is 0.417. The van der Waals surface area contributed by atoms with Gasteiger partial charge in [-0.15, -0.1) is 0 Å². The van der Waals surface area contributed by atoms with Crippen LogP contribution in [0.25, 0.3) is 0 Å². The molecule has 0 spiro atoms. The van der Waals surface area contributed by atoms with E-state index in [1.54, 1.807) is 21.3 Å². The fourth-order valence-electron chi connectivity index (χ4n) is 9.19. The molecule has 5 nitrogen and oxygen atoms in total. The number of aromatic hydroxyl groups is 1. The van der Waals surface area contributed by atoms with Crippen LogP contribution in [0.15, 0.2) is 18.2 Å². The number of unbranched alkanes of at least 4 members (excludes halogenated alkanes) is 5. The number of rotatable bonds is 17. The van der Waals surface area contributed by atoms with Crippen molar-refractivity contribution in [3.63, 3.8) is 0 Å². The third kappa shape index (κ3) is 8.04. The number of hydrogen-bond acceptors (Lipinski definition) is 5. The van der Waals surface area contributed by atoms with E-state index in [9.17, 15) is 5.11 Å². The van der Waals surface area contributed by atoms with E-state index >= 15 is 0 Å². The molecule has 0 bridgehead atoms. The molecule has 0 heterocycles. The van der Waals surface area contributed by atoms with Crippen molar-refractivity contribution in [2.75, 3.05) is 27.9 Å². The van der Waals surface area contributed by atoms with Gasteiger partial charge in [-0.3, -0.25) is 0 Å². The number of ether oxygens (including phenoxy) is 1. The average molecular weight is 702 g/mol. The number of hydrogen-bond donors (Lipinski definition) is 1. The Balaban J connectivity index is 1.48. The monoisotopic (exact) mass is 700 g/mol. The Bertz CT molecular complexity index is 901. The van der Waals surface area contributed by atoms with Gasteiger partial charge in [-0.2, -0.15) is 0 Å². The van der Waals surface area contributed by atoms with Gasteiger partial charge in [-0.25, -0.2) is 0 Å². The first kappa shape index (κ1) is 35.7. The molecule has 43 heavy (non-hydrogen) atoms. The molecule has 1 aromatic carbocycles.